The van der Waals surface area contributed by atoms with Gasteiger partial charge in [-0.15, -0.1) is 19.7 Å². The Bertz CT molecular complexity index is 402. The van der Waals surface area contributed by atoms with Crippen LogP contribution in [0, 0.1) is 0 Å². The van der Waals surface area contributed by atoms with Crippen molar-refractivity contribution in [2.24, 2.45) is 0 Å². The Kier molecular flexibility index (Phi) is 4.85. The molecule has 0 radical (unpaired) electrons. The molecule has 0 N–H and O–H groups in total. The number of hydrogen-bond acceptors (Lipinski definition) is 0. The molecule has 0 spiro atoms. The van der Waals surface area contributed by atoms with E-state index in [1.54, 1.807) is 0 Å². The second kappa shape index (κ2) is 6.17. The van der Waals surface area contributed by atoms with Gasteiger partial charge in [-0.1, -0.05) is 35.8 Å². The minimum atomic E-state index is 0.924. The first-order valence-electron chi connectivity index (χ1n) is 5.67. The van der Waals surface area contributed by atoms with Crippen LogP contribution in [0.5, 0.6) is 0 Å². The molecular weight excluding hydrogens is 191 g/mol. The average molecular weight is 210 g/mol. The molecule has 0 saturated carbocycles. The summed E-state index contributed by atoms with van der Waals surface area (Å²) < 4.78 is 0. The lowest BCUT2D eigenvalue weighted by atomic mass is 9.82. The van der Waals surface area contributed by atoms with Gasteiger partial charge in [-0.3, -0.25) is 0 Å². The lowest BCUT2D eigenvalue weighted by Gasteiger charge is -2.14. The molecule has 0 aromatic heterocycles. The van der Waals surface area contributed by atoms with Crippen molar-refractivity contribution in [2.45, 2.75) is 19.3 Å². The molecule has 0 nitrogen and oxygen atoms in total. The second-order valence-corrected chi connectivity index (χ2v) is 3.98. The van der Waals surface area contributed by atoms with E-state index in [9.17, 15) is 0 Å². The zero-order chi connectivity index (χ0) is 12.0. The van der Waals surface area contributed by atoms with Gasteiger partial charge in [0.15, 0.2) is 0 Å². The smallest absolute Gasteiger partial charge is 0.103 e. The van der Waals surface area contributed by atoms with E-state index in [0.29, 0.717) is 0 Å². The summed E-state index contributed by atoms with van der Waals surface area (Å²) in [4.78, 5) is 0. The Hall–Kier alpha value is -1.50. The van der Waals surface area contributed by atoms with Crippen molar-refractivity contribution in [1.82, 2.24) is 0 Å². The van der Waals surface area contributed by atoms with Gasteiger partial charge in [0.05, 0.1) is 0 Å². The predicted molar refractivity (Wildman–Crippen MR) is 76.3 cm³/mol. The normalized spacial score (nSPS) is 9.75. The van der Waals surface area contributed by atoms with E-state index in [1.807, 2.05) is 18.2 Å². The van der Waals surface area contributed by atoms with E-state index in [-0.39, 0.29) is 0 Å². The monoisotopic (exact) mass is 210 g/mol. The zero-order valence-corrected chi connectivity index (χ0v) is 10.1. The Balaban J connectivity index is 3.28. The van der Waals surface area contributed by atoms with Gasteiger partial charge in [0.1, 0.15) is 7.85 Å². The predicted octanol–water partition coefficient (Wildman–Crippen LogP) is 2.13. The molecule has 0 fully saturated rings. The summed E-state index contributed by atoms with van der Waals surface area (Å²) in [6, 6.07) is 4.38. The Morgan fingerprint density at radius 1 is 0.875 bits per heavy atom. The second-order valence-electron chi connectivity index (χ2n) is 3.98. The summed E-state index contributed by atoms with van der Waals surface area (Å²) in [7, 11) is 2.16. The fraction of sp³-hybridized carbons (Fsp3) is 0.200. The highest BCUT2D eigenvalue weighted by molar-refractivity contribution is 6.33. The van der Waals surface area contributed by atoms with Gasteiger partial charge in [-0.2, -0.15) is 0 Å². The van der Waals surface area contributed by atoms with Gasteiger partial charge < -0.3 is 0 Å². The fourth-order valence-electron chi connectivity index (χ4n) is 2.03. The van der Waals surface area contributed by atoms with Crippen molar-refractivity contribution in [3.63, 3.8) is 0 Å². The molecule has 0 unspecified atom stereocenters. The van der Waals surface area contributed by atoms with E-state index in [4.69, 9.17) is 0 Å². The molecule has 82 valence electrons. The van der Waals surface area contributed by atoms with Crippen molar-refractivity contribution in [3.05, 3.63) is 66.8 Å². The lowest BCUT2D eigenvalue weighted by molar-refractivity contribution is 1.10. The summed E-state index contributed by atoms with van der Waals surface area (Å²) >= 11 is 0. The highest BCUT2D eigenvalue weighted by Gasteiger charge is 2.07. The van der Waals surface area contributed by atoms with Crippen LogP contribution in [-0.4, -0.2) is 7.85 Å². The van der Waals surface area contributed by atoms with E-state index in [1.165, 1.54) is 22.2 Å². The molecule has 0 atom stereocenters. The van der Waals surface area contributed by atoms with Crippen molar-refractivity contribution >= 4 is 13.3 Å². The van der Waals surface area contributed by atoms with Gasteiger partial charge in [0, 0.05) is 0 Å². The molecule has 1 heteroatoms. The molecule has 0 aliphatic carbocycles. The molecular formula is C15H19B. The summed E-state index contributed by atoms with van der Waals surface area (Å²) in [6.45, 7) is 11.5. The summed E-state index contributed by atoms with van der Waals surface area (Å²) in [6.07, 6.45) is 8.66. The molecule has 1 aromatic rings. The molecule has 0 aliphatic rings. The summed E-state index contributed by atoms with van der Waals surface area (Å²) in [5, 5.41) is 0. The lowest BCUT2D eigenvalue weighted by Crippen LogP contribution is -2.14. The van der Waals surface area contributed by atoms with Crippen LogP contribution in [0.4, 0.5) is 0 Å². The standard InChI is InChI=1S/C15H19B/c1-4-7-12-10-11-15(16)14(9-6-3)13(12)8-5-2/h4-6,10-11H,1-3,7-9,16H2. The molecule has 0 saturated heterocycles. The minimum Gasteiger partial charge on any atom is -0.103 e. The van der Waals surface area contributed by atoms with Crippen LogP contribution in [0.2, 0.25) is 0 Å². The van der Waals surface area contributed by atoms with Crippen LogP contribution < -0.4 is 5.46 Å². The van der Waals surface area contributed by atoms with Gasteiger partial charge >= 0.3 is 0 Å². The van der Waals surface area contributed by atoms with Crippen molar-refractivity contribution in [2.75, 3.05) is 0 Å². The summed E-state index contributed by atoms with van der Waals surface area (Å²) in [5.41, 5.74) is 5.49. The third kappa shape index (κ3) is 2.76. The quantitative estimate of drug-likeness (QED) is 0.498. The van der Waals surface area contributed by atoms with E-state index >= 15 is 0 Å². The number of hydrogen-bond donors (Lipinski definition) is 0. The molecule has 16 heavy (non-hydrogen) atoms. The van der Waals surface area contributed by atoms with Gasteiger partial charge in [0.25, 0.3) is 0 Å². The maximum Gasteiger partial charge on any atom is 0.139 e. The van der Waals surface area contributed by atoms with Crippen molar-refractivity contribution in [1.29, 1.82) is 0 Å². The maximum atomic E-state index is 3.84. The van der Waals surface area contributed by atoms with Crippen LogP contribution in [0.25, 0.3) is 0 Å². The van der Waals surface area contributed by atoms with Crippen LogP contribution in [0.15, 0.2) is 50.1 Å². The van der Waals surface area contributed by atoms with E-state index in [0.717, 1.165) is 19.3 Å². The molecule has 1 rings (SSSR count). The molecule has 1 aromatic carbocycles. The first-order chi connectivity index (χ1) is 7.74. The van der Waals surface area contributed by atoms with Crippen molar-refractivity contribution in [3.8, 4) is 0 Å². The van der Waals surface area contributed by atoms with E-state index < -0.39 is 0 Å². The highest BCUT2D eigenvalue weighted by Crippen LogP contribution is 2.16. The van der Waals surface area contributed by atoms with Gasteiger partial charge in [-0.25, -0.2) is 0 Å². The number of benzene rings is 1. The van der Waals surface area contributed by atoms with Crippen molar-refractivity contribution < 1.29 is 0 Å². The molecule has 0 aliphatic heterocycles. The Labute approximate surface area is 99.8 Å². The first kappa shape index (κ1) is 12.6. The van der Waals surface area contributed by atoms with Crippen LogP contribution in [0.3, 0.4) is 0 Å². The minimum absolute atomic E-state index is 0.924. The molecule has 0 heterocycles. The number of rotatable bonds is 6. The van der Waals surface area contributed by atoms with Gasteiger partial charge in [-0.05, 0) is 36.0 Å². The SMILES string of the molecule is Bc1ccc(CC=C)c(CC=C)c1CC=C. The van der Waals surface area contributed by atoms with E-state index in [2.05, 4.69) is 39.7 Å². The van der Waals surface area contributed by atoms with Gasteiger partial charge in [0.2, 0.25) is 0 Å². The maximum absolute atomic E-state index is 3.84. The zero-order valence-electron chi connectivity index (χ0n) is 10.1. The third-order valence-electron chi connectivity index (χ3n) is 2.82. The Morgan fingerprint density at radius 2 is 1.44 bits per heavy atom. The third-order valence-corrected chi connectivity index (χ3v) is 2.82. The molecule has 0 bridgehead atoms. The number of allylic oxidation sites excluding steroid dienone is 3. The van der Waals surface area contributed by atoms with Crippen LogP contribution in [-0.2, 0) is 19.3 Å². The first-order valence-corrected chi connectivity index (χ1v) is 5.67. The topological polar surface area (TPSA) is 0 Å². The van der Waals surface area contributed by atoms with Crippen LogP contribution >= 0.6 is 0 Å². The molecule has 0 amide bonds. The largest absolute Gasteiger partial charge is 0.139 e. The average Bonchev–Trinajstić information content (AvgIpc) is 2.27. The highest BCUT2D eigenvalue weighted by atomic mass is 14.1. The van der Waals surface area contributed by atoms with Crippen LogP contribution in [0.1, 0.15) is 16.7 Å². The Morgan fingerprint density at radius 3 is 2.00 bits per heavy atom. The fourth-order valence-corrected chi connectivity index (χ4v) is 2.03. The summed E-state index contributed by atoms with van der Waals surface area (Å²) in [5.74, 6) is 0.